The molecule has 0 aromatic carbocycles. The summed E-state index contributed by atoms with van der Waals surface area (Å²) >= 11 is 0. The molecule has 0 aliphatic carbocycles. The first-order valence-electron chi connectivity index (χ1n) is 3.52. The molecule has 0 aromatic rings. The Hall–Kier alpha value is -1.07. The van der Waals surface area contributed by atoms with Gasteiger partial charge in [-0.05, 0) is 0 Å². The maximum Gasteiger partial charge on any atom is 0.510 e. The monoisotopic (exact) mass is 173 g/mol. The van der Waals surface area contributed by atoms with Gasteiger partial charge in [-0.2, -0.15) is 0 Å². The smallest absolute Gasteiger partial charge is 0.438 e. The van der Waals surface area contributed by atoms with Crippen LogP contribution in [0.25, 0.3) is 0 Å². The third-order valence-corrected chi connectivity index (χ3v) is 1.41. The van der Waals surface area contributed by atoms with Gasteiger partial charge in [0.15, 0.2) is 0 Å². The number of ether oxygens (including phenoxy) is 3. The van der Waals surface area contributed by atoms with Crippen molar-refractivity contribution in [2.45, 2.75) is 12.3 Å². The fourth-order valence-corrected chi connectivity index (χ4v) is 0.820. The van der Waals surface area contributed by atoms with Crippen LogP contribution >= 0.6 is 0 Å². The van der Waals surface area contributed by atoms with Gasteiger partial charge in [0, 0.05) is 0 Å². The van der Waals surface area contributed by atoms with Crippen molar-refractivity contribution in [1.82, 2.24) is 0 Å². The lowest BCUT2D eigenvalue weighted by Gasteiger charge is -2.23. The van der Waals surface area contributed by atoms with Crippen molar-refractivity contribution in [3.05, 3.63) is 12.2 Å². The second-order valence-electron chi connectivity index (χ2n) is 2.28. The quantitative estimate of drug-likeness (QED) is 0.446. The van der Waals surface area contributed by atoms with E-state index in [-0.39, 0.29) is 0 Å². The van der Waals surface area contributed by atoms with E-state index in [1.165, 1.54) is 7.11 Å². The Morgan fingerprint density at radius 1 is 1.75 bits per heavy atom. The lowest BCUT2D eigenvalue weighted by molar-refractivity contribution is -0.121. The van der Waals surface area contributed by atoms with E-state index in [4.69, 9.17) is 15.2 Å². The Morgan fingerprint density at radius 2 is 2.50 bits per heavy atom. The molecule has 0 spiro atoms. The fraction of sp³-hybridized carbons (Fsp3) is 0.571. The molecule has 0 fully saturated rings. The minimum Gasteiger partial charge on any atom is -0.438 e. The van der Waals surface area contributed by atoms with Crippen LogP contribution < -0.4 is 5.73 Å². The molecule has 0 saturated carbocycles. The predicted octanol–water partition coefficient (Wildman–Crippen LogP) is 0.00920. The van der Waals surface area contributed by atoms with Gasteiger partial charge in [0.25, 0.3) is 0 Å². The van der Waals surface area contributed by atoms with E-state index >= 15 is 0 Å². The van der Waals surface area contributed by atoms with Crippen LogP contribution in [-0.2, 0) is 14.2 Å². The Kier molecular flexibility index (Phi) is 3.07. The van der Waals surface area contributed by atoms with E-state index < -0.39 is 18.5 Å². The van der Waals surface area contributed by atoms with E-state index in [1.54, 1.807) is 12.2 Å². The first kappa shape index (κ1) is 9.02. The van der Waals surface area contributed by atoms with Gasteiger partial charge in [-0.25, -0.2) is 4.79 Å². The van der Waals surface area contributed by atoms with Crippen molar-refractivity contribution in [1.29, 1.82) is 0 Å². The minimum absolute atomic E-state index is 0.398. The Morgan fingerprint density at radius 3 is 3.08 bits per heavy atom. The molecule has 0 saturated heterocycles. The Labute approximate surface area is 70.1 Å². The van der Waals surface area contributed by atoms with E-state index in [1.807, 2.05) is 0 Å². The number of nitrogens with two attached hydrogens (primary N) is 1. The fourth-order valence-electron chi connectivity index (χ4n) is 0.820. The van der Waals surface area contributed by atoms with Crippen molar-refractivity contribution in [2.75, 3.05) is 13.7 Å². The summed E-state index contributed by atoms with van der Waals surface area (Å²) in [5, 5.41) is 0. The van der Waals surface area contributed by atoms with E-state index in [9.17, 15) is 4.79 Å². The number of hydrogen-bond donors (Lipinski definition) is 1. The maximum atomic E-state index is 10.6. The average molecular weight is 173 g/mol. The first-order valence-corrected chi connectivity index (χ1v) is 3.52. The van der Waals surface area contributed by atoms with Gasteiger partial charge in [0.2, 0.25) is 6.29 Å². The maximum absolute atomic E-state index is 10.6. The molecule has 2 N–H and O–H groups in total. The van der Waals surface area contributed by atoms with Crippen molar-refractivity contribution in [3.8, 4) is 0 Å². The van der Waals surface area contributed by atoms with Crippen molar-refractivity contribution in [2.24, 2.45) is 5.73 Å². The molecule has 0 bridgehead atoms. The number of rotatable bonds is 1. The molecule has 5 heteroatoms. The summed E-state index contributed by atoms with van der Waals surface area (Å²) in [6, 6.07) is -0.419. The molecule has 5 nitrogen and oxygen atoms in total. The molecular weight excluding hydrogens is 162 g/mol. The molecule has 1 rings (SSSR count). The largest absolute Gasteiger partial charge is 0.510 e. The van der Waals surface area contributed by atoms with Gasteiger partial charge in [-0.15, -0.1) is 0 Å². The van der Waals surface area contributed by atoms with Crippen molar-refractivity contribution in [3.63, 3.8) is 0 Å². The Balaban J connectivity index is 2.41. The summed E-state index contributed by atoms with van der Waals surface area (Å²) in [5.74, 6) is 0. The highest BCUT2D eigenvalue weighted by molar-refractivity contribution is 5.59. The van der Waals surface area contributed by atoms with Crippen LogP contribution in [0.2, 0.25) is 0 Å². The summed E-state index contributed by atoms with van der Waals surface area (Å²) < 4.78 is 14.0. The molecule has 0 amide bonds. The SMILES string of the molecule is COC(=O)O[C@@H]1OCC=C[C@H]1N. The van der Waals surface area contributed by atoms with Crippen molar-refractivity contribution < 1.29 is 19.0 Å². The van der Waals surface area contributed by atoms with Gasteiger partial charge in [-0.1, -0.05) is 12.2 Å². The second kappa shape index (κ2) is 4.08. The zero-order chi connectivity index (χ0) is 8.97. The van der Waals surface area contributed by atoms with Crippen LogP contribution in [-0.4, -0.2) is 32.2 Å². The standard InChI is InChI=1S/C7H11NO4/c1-10-7(9)12-6-5(8)3-2-4-11-6/h2-3,5-6H,4,8H2,1H3/t5-,6+/m1/s1. The van der Waals surface area contributed by atoms with Gasteiger partial charge >= 0.3 is 6.16 Å². The highest BCUT2D eigenvalue weighted by atomic mass is 16.8. The molecule has 12 heavy (non-hydrogen) atoms. The van der Waals surface area contributed by atoms with Gasteiger partial charge in [0.05, 0.1) is 19.8 Å². The van der Waals surface area contributed by atoms with Crippen LogP contribution in [0, 0.1) is 0 Å². The van der Waals surface area contributed by atoms with E-state index in [0.717, 1.165) is 0 Å². The van der Waals surface area contributed by atoms with Gasteiger partial charge in [-0.3, -0.25) is 0 Å². The molecule has 2 atom stereocenters. The second-order valence-corrected chi connectivity index (χ2v) is 2.28. The van der Waals surface area contributed by atoms with E-state index in [0.29, 0.717) is 6.61 Å². The first-order chi connectivity index (χ1) is 5.74. The number of hydrogen-bond acceptors (Lipinski definition) is 5. The third kappa shape index (κ3) is 2.21. The van der Waals surface area contributed by atoms with Gasteiger partial charge in [0.1, 0.15) is 0 Å². The van der Waals surface area contributed by atoms with Crippen molar-refractivity contribution >= 4 is 6.16 Å². The molecule has 68 valence electrons. The normalized spacial score (nSPS) is 28.2. The lowest BCUT2D eigenvalue weighted by Crippen LogP contribution is -2.40. The summed E-state index contributed by atoms with van der Waals surface area (Å²) in [4.78, 5) is 10.6. The van der Waals surface area contributed by atoms with Crippen LogP contribution in [0.5, 0.6) is 0 Å². The molecule has 0 radical (unpaired) electrons. The minimum atomic E-state index is -0.786. The zero-order valence-corrected chi connectivity index (χ0v) is 6.73. The van der Waals surface area contributed by atoms with E-state index in [2.05, 4.69) is 4.74 Å². The number of carbonyl (C=O) groups excluding carboxylic acids is 1. The molecular formula is C7H11NO4. The summed E-state index contributed by atoms with van der Waals surface area (Å²) in [6.45, 7) is 0.398. The zero-order valence-electron chi connectivity index (χ0n) is 6.73. The highest BCUT2D eigenvalue weighted by Crippen LogP contribution is 2.07. The van der Waals surface area contributed by atoms with Gasteiger partial charge < -0.3 is 19.9 Å². The molecule has 1 aliphatic heterocycles. The molecule has 0 aromatic heterocycles. The third-order valence-electron chi connectivity index (χ3n) is 1.41. The molecule has 0 unspecified atom stereocenters. The molecule has 1 aliphatic rings. The average Bonchev–Trinajstić information content (AvgIpc) is 2.09. The summed E-state index contributed by atoms with van der Waals surface area (Å²) in [5.41, 5.74) is 5.54. The molecule has 1 heterocycles. The number of carbonyl (C=O) groups is 1. The number of methoxy groups -OCH3 is 1. The van der Waals surface area contributed by atoms with Crippen LogP contribution in [0.4, 0.5) is 4.79 Å². The lowest BCUT2D eigenvalue weighted by atomic mass is 10.2. The highest BCUT2D eigenvalue weighted by Gasteiger charge is 2.23. The van der Waals surface area contributed by atoms with Crippen LogP contribution in [0.3, 0.4) is 0 Å². The Bertz CT molecular complexity index is 192. The topological polar surface area (TPSA) is 70.8 Å². The summed E-state index contributed by atoms with van der Waals surface area (Å²) in [7, 11) is 1.23. The summed E-state index contributed by atoms with van der Waals surface area (Å²) in [6.07, 6.45) is 1.96. The van der Waals surface area contributed by atoms with Crippen LogP contribution in [0.1, 0.15) is 0 Å². The van der Waals surface area contributed by atoms with Crippen LogP contribution in [0.15, 0.2) is 12.2 Å². The predicted molar refractivity (Wildman–Crippen MR) is 40.3 cm³/mol.